The number of sulfonamides is 1. The predicted octanol–water partition coefficient (Wildman–Crippen LogP) is 1.33. The third-order valence-corrected chi connectivity index (χ3v) is 6.07. The van der Waals surface area contributed by atoms with Gasteiger partial charge in [0.1, 0.15) is 4.90 Å². The van der Waals surface area contributed by atoms with Gasteiger partial charge < -0.3 is 4.98 Å². The van der Waals surface area contributed by atoms with E-state index in [1.165, 1.54) is 18.5 Å². The van der Waals surface area contributed by atoms with Gasteiger partial charge in [-0.3, -0.25) is 4.79 Å². The lowest BCUT2D eigenvalue weighted by Crippen LogP contribution is -2.44. The second-order valence-electron chi connectivity index (χ2n) is 4.66. The number of nitrogens with one attached hydrogen (secondary N) is 2. The van der Waals surface area contributed by atoms with Crippen molar-refractivity contribution < 1.29 is 8.42 Å². The van der Waals surface area contributed by atoms with Crippen LogP contribution in [0, 0.1) is 0 Å². The lowest BCUT2D eigenvalue weighted by molar-refractivity contribution is 0.423. The van der Waals surface area contributed by atoms with Gasteiger partial charge in [0.25, 0.3) is 0 Å². The smallest absolute Gasteiger partial charge is 0.246 e. The highest BCUT2D eigenvalue weighted by atomic mass is 32.2. The van der Waals surface area contributed by atoms with Gasteiger partial charge >= 0.3 is 0 Å². The molecule has 0 saturated heterocycles. The monoisotopic (exact) mass is 302 g/mol. The Morgan fingerprint density at radius 2 is 2.11 bits per heavy atom. The van der Waals surface area contributed by atoms with E-state index < -0.39 is 15.5 Å². The summed E-state index contributed by atoms with van der Waals surface area (Å²) in [4.78, 5) is 14.1. The molecular formula is C12H18N2O3S2. The Morgan fingerprint density at radius 3 is 2.79 bits per heavy atom. The van der Waals surface area contributed by atoms with Crippen LogP contribution in [0.2, 0.25) is 0 Å². The van der Waals surface area contributed by atoms with Crippen LogP contribution in [-0.2, 0) is 10.0 Å². The summed E-state index contributed by atoms with van der Waals surface area (Å²) in [5.74, 6) is 0. The van der Waals surface area contributed by atoms with Crippen LogP contribution in [0.1, 0.15) is 25.7 Å². The first-order valence-electron chi connectivity index (χ1n) is 6.27. The van der Waals surface area contributed by atoms with E-state index in [-0.39, 0.29) is 16.2 Å². The highest BCUT2D eigenvalue weighted by molar-refractivity contribution is 7.99. The molecule has 0 bridgehead atoms. The number of aromatic amines is 1. The van der Waals surface area contributed by atoms with Crippen molar-refractivity contribution >= 4 is 21.8 Å². The summed E-state index contributed by atoms with van der Waals surface area (Å²) in [5, 5.41) is 0.284. The molecule has 0 radical (unpaired) electrons. The molecule has 1 aromatic rings. The Kier molecular flexibility index (Phi) is 4.70. The number of aromatic nitrogens is 1. The molecule has 0 spiro atoms. The molecule has 1 fully saturated rings. The number of hydrogen-bond donors (Lipinski definition) is 2. The average Bonchev–Trinajstić information content (AvgIpc) is 2.39. The molecule has 0 aliphatic heterocycles. The molecule has 2 rings (SSSR count). The number of H-pyrrole nitrogens is 1. The normalized spacial score (nSPS) is 24.3. The summed E-state index contributed by atoms with van der Waals surface area (Å²) in [7, 11) is -3.74. The predicted molar refractivity (Wildman–Crippen MR) is 76.9 cm³/mol. The first-order valence-corrected chi connectivity index (χ1v) is 9.04. The fraction of sp³-hybridized carbons (Fsp3) is 0.583. The molecular weight excluding hydrogens is 284 g/mol. The molecule has 1 aliphatic carbocycles. The van der Waals surface area contributed by atoms with Crippen molar-refractivity contribution in [3.05, 3.63) is 28.7 Å². The molecule has 0 aromatic carbocycles. The SMILES string of the molecule is CSC1CCCCC1NS(=O)(=O)c1c[nH]ccc1=O. The van der Waals surface area contributed by atoms with E-state index in [9.17, 15) is 13.2 Å². The van der Waals surface area contributed by atoms with Crippen LogP contribution in [0.4, 0.5) is 0 Å². The van der Waals surface area contributed by atoms with Crippen molar-refractivity contribution in [2.24, 2.45) is 0 Å². The standard InChI is InChI=1S/C12H18N2O3S2/c1-18-11-5-3-2-4-9(11)14-19(16,17)12-8-13-7-6-10(12)15/h6-9,11,14H,2-5H2,1H3,(H,13,15). The third kappa shape index (κ3) is 3.40. The average molecular weight is 302 g/mol. The molecule has 0 amide bonds. The second kappa shape index (κ2) is 6.11. The third-order valence-electron chi connectivity index (χ3n) is 3.39. The highest BCUT2D eigenvalue weighted by Gasteiger charge is 2.29. The zero-order chi connectivity index (χ0) is 13.9. The first-order chi connectivity index (χ1) is 9.04. The van der Waals surface area contributed by atoms with Gasteiger partial charge in [0, 0.05) is 29.8 Å². The first kappa shape index (κ1) is 14.6. The molecule has 1 heterocycles. The Morgan fingerprint density at radius 1 is 1.37 bits per heavy atom. The van der Waals surface area contributed by atoms with Crippen molar-refractivity contribution in [2.45, 2.75) is 41.9 Å². The van der Waals surface area contributed by atoms with Crippen molar-refractivity contribution in [2.75, 3.05) is 6.26 Å². The minimum Gasteiger partial charge on any atom is -0.366 e. The Hall–Kier alpha value is -0.790. The molecule has 2 unspecified atom stereocenters. The Labute approximate surface area is 117 Å². The molecule has 2 atom stereocenters. The van der Waals surface area contributed by atoms with Crippen LogP contribution in [0.3, 0.4) is 0 Å². The van der Waals surface area contributed by atoms with Crippen LogP contribution >= 0.6 is 11.8 Å². The van der Waals surface area contributed by atoms with Crippen molar-refractivity contribution in [3.8, 4) is 0 Å². The number of pyridine rings is 1. The van der Waals surface area contributed by atoms with Gasteiger partial charge in [0.15, 0.2) is 0 Å². The topological polar surface area (TPSA) is 79.0 Å². The van der Waals surface area contributed by atoms with E-state index in [1.54, 1.807) is 11.8 Å². The van der Waals surface area contributed by atoms with Crippen LogP contribution in [-0.4, -0.2) is 30.9 Å². The summed E-state index contributed by atoms with van der Waals surface area (Å²) in [6.07, 6.45) is 8.65. The van der Waals surface area contributed by atoms with Crippen LogP contribution in [0.5, 0.6) is 0 Å². The molecule has 19 heavy (non-hydrogen) atoms. The summed E-state index contributed by atoms with van der Waals surface area (Å²) in [5.41, 5.74) is -0.484. The molecule has 106 valence electrons. The largest absolute Gasteiger partial charge is 0.366 e. The molecule has 7 heteroatoms. The highest BCUT2D eigenvalue weighted by Crippen LogP contribution is 2.27. The summed E-state index contributed by atoms with van der Waals surface area (Å²) in [6.45, 7) is 0. The maximum absolute atomic E-state index is 12.2. The Bertz CT molecular complexity index is 583. The summed E-state index contributed by atoms with van der Waals surface area (Å²) >= 11 is 1.68. The van der Waals surface area contributed by atoms with E-state index in [0.29, 0.717) is 0 Å². The lowest BCUT2D eigenvalue weighted by atomic mass is 9.96. The molecule has 5 nitrogen and oxygen atoms in total. The zero-order valence-corrected chi connectivity index (χ0v) is 12.4. The van der Waals surface area contributed by atoms with Gasteiger partial charge in [-0.25, -0.2) is 13.1 Å². The fourth-order valence-corrected chi connectivity index (χ4v) is 4.77. The summed E-state index contributed by atoms with van der Waals surface area (Å²) < 4.78 is 27.2. The number of thioether (sulfide) groups is 1. The maximum atomic E-state index is 12.2. The van der Waals surface area contributed by atoms with E-state index >= 15 is 0 Å². The van der Waals surface area contributed by atoms with Gasteiger partial charge in [-0.1, -0.05) is 12.8 Å². The fourth-order valence-electron chi connectivity index (χ4n) is 2.39. The van der Waals surface area contributed by atoms with Gasteiger partial charge in [-0.2, -0.15) is 11.8 Å². The minimum atomic E-state index is -3.74. The van der Waals surface area contributed by atoms with E-state index in [1.807, 2.05) is 6.26 Å². The van der Waals surface area contributed by atoms with Crippen molar-refractivity contribution in [1.29, 1.82) is 0 Å². The second-order valence-corrected chi connectivity index (χ2v) is 7.42. The number of hydrogen-bond acceptors (Lipinski definition) is 4. The minimum absolute atomic E-state index is 0.0895. The van der Waals surface area contributed by atoms with Gasteiger partial charge in [-0.15, -0.1) is 0 Å². The van der Waals surface area contributed by atoms with E-state index in [0.717, 1.165) is 25.7 Å². The van der Waals surface area contributed by atoms with Gasteiger partial charge in [0.2, 0.25) is 15.5 Å². The van der Waals surface area contributed by atoms with Crippen molar-refractivity contribution in [1.82, 2.24) is 9.71 Å². The lowest BCUT2D eigenvalue weighted by Gasteiger charge is -2.30. The summed E-state index contributed by atoms with van der Waals surface area (Å²) in [6, 6.07) is 1.13. The van der Waals surface area contributed by atoms with Gasteiger partial charge in [0.05, 0.1) is 0 Å². The Balaban J connectivity index is 2.22. The van der Waals surface area contributed by atoms with Crippen LogP contribution in [0.15, 0.2) is 28.2 Å². The molecule has 1 saturated carbocycles. The zero-order valence-electron chi connectivity index (χ0n) is 10.8. The molecule has 1 aliphatic rings. The van der Waals surface area contributed by atoms with Crippen molar-refractivity contribution in [3.63, 3.8) is 0 Å². The van der Waals surface area contributed by atoms with Gasteiger partial charge in [-0.05, 0) is 19.1 Å². The van der Waals surface area contributed by atoms with E-state index in [2.05, 4.69) is 9.71 Å². The van der Waals surface area contributed by atoms with Crippen LogP contribution < -0.4 is 10.2 Å². The van der Waals surface area contributed by atoms with E-state index in [4.69, 9.17) is 0 Å². The molecule has 2 N–H and O–H groups in total. The quantitative estimate of drug-likeness (QED) is 0.879. The molecule has 1 aromatic heterocycles. The van der Waals surface area contributed by atoms with Crippen LogP contribution in [0.25, 0.3) is 0 Å². The number of rotatable bonds is 4. The maximum Gasteiger partial charge on any atom is 0.246 e.